The minimum atomic E-state index is -4.34. The van der Waals surface area contributed by atoms with Crippen molar-refractivity contribution in [2.45, 2.75) is 58.2 Å². The second-order valence-corrected chi connectivity index (χ2v) is 7.54. The van der Waals surface area contributed by atoms with Gasteiger partial charge in [-0.25, -0.2) is 0 Å². The first-order valence-corrected chi connectivity index (χ1v) is 8.10. The van der Waals surface area contributed by atoms with Crippen LogP contribution in [0.15, 0.2) is 22.7 Å². The van der Waals surface area contributed by atoms with Crippen molar-refractivity contribution in [3.05, 3.63) is 28.2 Å². The Bertz CT molecular complexity index is 497. The molecule has 0 aromatic heterocycles. The highest BCUT2D eigenvalue weighted by Crippen LogP contribution is 2.39. The van der Waals surface area contributed by atoms with Gasteiger partial charge in [0.2, 0.25) is 0 Å². The molecule has 1 aliphatic carbocycles. The second kappa shape index (κ2) is 6.19. The minimum absolute atomic E-state index is 0.119. The Balaban J connectivity index is 2.16. The molecular formula is C16H21BrF3N. The van der Waals surface area contributed by atoms with Crippen LogP contribution in [-0.2, 0) is 6.18 Å². The number of alkyl halides is 3. The van der Waals surface area contributed by atoms with Crippen LogP contribution in [0.3, 0.4) is 0 Å². The highest BCUT2D eigenvalue weighted by atomic mass is 79.9. The van der Waals surface area contributed by atoms with Gasteiger partial charge in [-0.2, -0.15) is 13.2 Å². The zero-order chi connectivity index (χ0) is 15.7. The fourth-order valence-electron chi connectivity index (χ4n) is 2.90. The molecule has 5 heteroatoms. The van der Waals surface area contributed by atoms with E-state index in [0.717, 1.165) is 38.2 Å². The summed E-state index contributed by atoms with van der Waals surface area (Å²) < 4.78 is 39.8. The van der Waals surface area contributed by atoms with Crippen LogP contribution in [-0.4, -0.2) is 6.04 Å². The molecule has 0 spiro atoms. The molecule has 0 radical (unpaired) electrons. The normalized spacial score (nSPS) is 22.7. The Morgan fingerprint density at radius 2 is 1.90 bits per heavy atom. The summed E-state index contributed by atoms with van der Waals surface area (Å²) in [7, 11) is 0. The maximum absolute atomic E-state index is 13.1. The first-order chi connectivity index (χ1) is 9.67. The van der Waals surface area contributed by atoms with Crippen molar-refractivity contribution in [3.8, 4) is 0 Å². The van der Waals surface area contributed by atoms with Gasteiger partial charge in [0.05, 0.1) is 5.56 Å². The fraction of sp³-hybridized carbons (Fsp3) is 0.625. The number of halogens is 4. The van der Waals surface area contributed by atoms with Gasteiger partial charge in [0.15, 0.2) is 0 Å². The number of nitrogens with one attached hydrogen (secondary N) is 1. The zero-order valence-corrected chi connectivity index (χ0v) is 13.9. The molecule has 1 aromatic rings. The summed E-state index contributed by atoms with van der Waals surface area (Å²) in [5.41, 5.74) is -0.112. The fourth-order valence-corrected chi connectivity index (χ4v) is 3.26. The largest absolute Gasteiger partial charge is 0.418 e. The molecule has 118 valence electrons. The monoisotopic (exact) mass is 363 g/mol. The van der Waals surface area contributed by atoms with Gasteiger partial charge in [-0.1, -0.05) is 36.2 Å². The zero-order valence-electron chi connectivity index (χ0n) is 12.4. The van der Waals surface area contributed by atoms with Crippen molar-refractivity contribution < 1.29 is 13.2 Å². The van der Waals surface area contributed by atoms with E-state index in [1.807, 2.05) is 0 Å². The van der Waals surface area contributed by atoms with Crippen LogP contribution in [0.4, 0.5) is 18.9 Å². The molecule has 0 saturated heterocycles. The van der Waals surface area contributed by atoms with Crippen LogP contribution in [0, 0.1) is 5.41 Å². The summed E-state index contributed by atoms with van der Waals surface area (Å²) in [4.78, 5) is 0. The van der Waals surface area contributed by atoms with Gasteiger partial charge in [-0.05, 0) is 49.3 Å². The van der Waals surface area contributed by atoms with E-state index in [2.05, 4.69) is 35.1 Å². The van der Waals surface area contributed by atoms with E-state index in [1.54, 1.807) is 6.07 Å². The SMILES string of the molecule is CC1(C)CCCC(Nc2ccc(Br)cc2C(F)(F)F)CC1. The van der Waals surface area contributed by atoms with E-state index in [9.17, 15) is 13.2 Å². The van der Waals surface area contributed by atoms with Gasteiger partial charge in [-0.3, -0.25) is 0 Å². The van der Waals surface area contributed by atoms with Gasteiger partial charge in [0, 0.05) is 16.2 Å². The van der Waals surface area contributed by atoms with Crippen molar-refractivity contribution in [1.82, 2.24) is 0 Å². The minimum Gasteiger partial charge on any atom is -0.382 e. The molecule has 0 heterocycles. The lowest BCUT2D eigenvalue weighted by molar-refractivity contribution is -0.137. The van der Waals surface area contributed by atoms with Crippen molar-refractivity contribution in [2.24, 2.45) is 5.41 Å². The highest BCUT2D eigenvalue weighted by molar-refractivity contribution is 9.10. The summed E-state index contributed by atoms with van der Waals surface area (Å²) in [6.07, 6.45) is 0.746. The quantitative estimate of drug-likeness (QED) is 0.613. The Morgan fingerprint density at radius 1 is 1.19 bits per heavy atom. The van der Waals surface area contributed by atoms with Gasteiger partial charge in [-0.15, -0.1) is 0 Å². The molecule has 1 unspecified atom stereocenters. The first kappa shape index (κ1) is 16.7. The van der Waals surface area contributed by atoms with E-state index in [4.69, 9.17) is 0 Å². The third-order valence-corrected chi connectivity index (χ3v) is 4.72. The summed E-state index contributed by atoms with van der Waals surface area (Å²) in [5.74, 6) is 0. The molecule has 1 N–H and O–H groups in total. The number of rotatable bonds is 2. The van der Waals surface area contributed by atoms with Crippen molar-refractivity contribution in [1.29, 1.82) is 0 Å². The Labute approximate surface area is 132 Å². The summed E-state index contributed by atoms with van der Waals surface area (Å²) >= 11 is 3.11. The number of benzene rings is 1. The van der Waals surface area contributed by atoms with E-state index in [-0.39, 0.29) is 11.7 Å². The molecule has 1 aliphatic rings. The second-order valence-electron chi connectivity index (χ2n) is 6.62. The highest BCUT2D eigenvalue weighted by Gasteiger charge is 2.34. The summed E-state index contributed by atoms with van der Waals surface area (Å²) in [6.45, 7) is 4.46. The molecule has 1 nitrogen and oxygen atoms in total. The van der Waals surface area contributed by atoms with Crippen molar-refractivity contribution >= 4 is 21.6 Å². The Hall–Kier alpha value is -0.710. The van der Waals surface area contributed by atoms with Crippen molar-refractivity contribution in [3.63, 3.8) is 0 Å². The van der Waals surface area contributed by atoms with Gasteiger partial charge < -0.3 is 5.32 Å². The first-order valence-electron chi connectivity index (χ1n) is 7.31. The van der Waals surface area contributed by atoms with E-state index in [0.29, 0.717) is 9.89 Å². The van der Waals surface area contributed by atoms with Crippen LogP contribution in [0.2, 0.25) is 0 Å². The van der Waals surface area contributed by atoms with Gasteiger partial charge >= 0.3 is 6.18 Å². The third kappa shape index (κ3) is 4.63. The Kier molecular flexibility index (Phi) is 4.91. The predicted octanol–water partition coefficient (Wildman–Crippen LogP) is 6.24. The molecule has 1 fully saturated rings. The van der Waals surface area contributed by atoms with Gasteiger partial charge in [0.1, 0.15) is 0 Å². The molecule has 21 heavy (non-hydrogen) atoms. The average molecular weight is 364 g/mol. The summed E-state index contributed by atoms with van der Waals surface area (Å²) in [6, 6.07) is 4.43. The molecule has 0 bridgehead atoms. The molecule has 1 saturated carbocycles. The molecular weight excluding hydrogens is 343 g/mol. The third-order valence-electron chi connectivity index (χ3n) is 4.22. The lowest BCUT2D eigenvalue weighted by atomic mass is 9.85. The maximum Gasteiger partial charge on any atom is 0.418 e. The molecule has 1 aromatic carbocycles. The van der Waals surface area contributed by atoms with Crippen LogP contribution in [0.25, 0.3) is 0 Å². The van der Waals surface area contributed by atoms with Crippen molar-refractivity contribution in [2.75, 3.05) is 5.32 Å². The molecule has 2 rings (SSSR count). The van der Waals surface area contributed by atoms with E-state index in [1.165, 1.54) is 6.07 Å². The van der Waals surface area contributed by atoms with E-state index >= 15 is 0 Å². The van der Waals surface area contributed by atoms with Crippen LogP contribution in [0.1, 0.15) is 51.5 Å². The van der Waals surface area contributed by atoms with Crippen LogP contribution in [0.5, 0.6) is 0 Å². The number of hydrogen-bond acceptors (Lipinski definition) is 1. The maximum atomic E-state index is 13.1. The smallest absolute Gasteiger partial charge is 0.382 e. The number of anilines is 1. The topological polar surface area (TPSA) is 12.0 Å². The standard InChI is InChI=1S/C16H21BrF3N/c1-15(2)8-3-4-12(7-9-15)21-14-6-5-11(17)10-13(14)16(18,19)20/h5-6,10,12,21H,3-4,7-9H2,1-2H3. The van der Waals surface area contributed by atoms with Gasteiger partial charge in [0.25, 0.3) is 0 Å². The summed E-state index contributed by atoms with van der Waals surface area (Å²) in [5, 5.41) is 3.12. The molecule has 1 atom stereocenters. The Morgan fingerprint density at radius 3 is 2.57 bits per heavy atom. The van der Waals surface area contributed by atoms with Crippen LogP contribution >= 0.6 is 15.9 Å². The molecule has 0 aliphatic heterocycles. The van der Waals surface area contributed by atoms with Crippen LogP contribution < -0.4 is 5.32 Å². The average Bonchev–Trinajstić information content (AvgIpc) is 2.52. The molecule has 0 amide bonds. The lowest BCUT2D eigenvalue weighted by Gasteiger charge is -2.23. The number of hydrogen-bond donors (Lipinski definition) is 1. The lowest BCUT2D eigenvalue weighted by Crippen LogP contribution is -2.21. The predicted molar refractivity (Wildman–Crippen MR) is 83.4 cm³/mol. The van der Waals surface area contributed by atoms with E-state index < -0.39 is 11.7 Å².